The molecule has 0 radical (unpaired) electrons. The minimum atomic E-state index is -0.861. The first kappa shape index (κ1) is 23.4. The fourth-order valence-electron chi connectivity index (χ4n) is 3.54. The summed E-state index contributed by atoms with van der Waals surface area (Å²) < 4.78 is 9.40. The van der Waals surface area contributed by atoms with Crippen LogP contribution in [0.25, 0.3) is 11.2 Å². The first-order valence-corrected chi connectivity index (χ1v) is 10.4. The lowest BCUT2D eigenvalue weighted by atomic mass is 10.1. The van der Waals surface area contributed by atoms with Crippen molar-refractivity contribution in [2.24, 2.45) is 31.4 Å². The molecule has 4 aromatic rings. The van der Waals surface area contributed by atoms with Crippen molar-refractivity contribution in [1.29, 1.82) is 0 Å². The van der Waals surface area contributed by atoms with Gasteiger partial charge in [-0.2, -0.15) is 4.98 Å². The largest absolute Gasteiger partial charge is 0.497 e. The van der Waals surface area contributed by atoms with Crippen LogP contribution < -0.4 is 27.2 Å². The van der Waals surface area contributed by atoms with E-state index in [0.717, 1.165) is 19.3 Å². The van der Waals surface area contributed by atoms with Crippen molar-refractivity contribution in [3.63, 3.8) is 0 Å². The van der Waals surface area contributed by atoms with Gasteiger partial charge in [0.05, 0.1) is 7.11 Å². The summed E-state index contributed by atoms with van der Waals surface area (Å²) in [5.74, 6) is -0.0510. The van der Waals surface area contributed by atoms with E-state index in [-0.39, 0.29) is 23.7 Å². The molecule has 0 saturated heterocycles. The average Bonchev–Trinajstić information content (AvgIpc) is 3.23. The molecular formula is C21H22N8O6. The van der Waals surface area contributed by atoms with Gasteiger partial charge in [0, 0.05) is 27.7 Å². The Morgan fingerprint density at radius 1 is 1.00 bits per heavy atom. The number of aromatic nitrogens is 6. The number of aromatic hydroxyl groups is 1. The standard InChI is InChI=1S/C21H22N8O6/c1-26-15-14(16(30)23-20(26)33)29(10-9-11-5-7-12(35-4)8-6-11)19(22-15)25-24-13-17(31)27(2)21(34)28(3)18(13)32/h5-8,31H,9-10H2,1-4H3,(H,23,30,33). The van der Waals surface area contributed by atoms with Crippen LogP contribution in [0, 0.1) is 0 Å². The molecule has 4 rings (SSSR count). The van der Waals surface area contributed by atoms with E-state index in [0.29, 0.717) is 12.2 Å². The third-order valence-corrected chi connectivity index (χ3v) is 5.62. The van der Waals surface area contributed by atoms with Crippen molar-refractivity contribution in [3.05, 3.63) is 71.5 Å². The van der Waals surface area contributed by atoms with Gasteiger partial charge in [-0.25, -0.2) is 9.59 Å². The lowest BCUT2D eigenvalue weighted by molar-refractivity contribution is 0.413. The number of aryl methyl sites for hydroxylation is 3. The van der Waals surface area contributed by atoms with Gasteiger partial charge in [-0.3, -0.25) is 28.3 Å². The zero-order chi connectivity index (χ0) is 25.4. The van der Waals surface area contributed by atoms with Crippen molar-refractivity contribution in [3.8, 4) is 11.6 Å². The highest BCUT2D eigenvalue weighted by Crippen LogP contribution is 2.24. The molecule has 0 aliphatic rings. The minimum Gasteiger partial charge on any atom is -0.497 e. The molecule has 0 aliphatic carbocycles. The molecule has 35 heavy (non-hydrogen) atoms. The van der Waals surface area contributed by atoms with Crippen LogP contribution in [0.4, 0.5) is 11.6 Å². The Labute approximate surface area is 196 Å². The summed E-state index contributed by atoms with van der Waals surface area (Å²) in [5, 5.41) is 18.1. The van der Waals surface area contributed by atoms with E-state index in [4.69, 9.17) is 4.74 Å². The predicted octanol–water partition coefficient (Wildman–Crippen LogP) is 0.193. The normalized spacial score (nSPS) is 11.5. The highest BCUT2D eigenvalue weighted by molar-refractivity contribution is 5.73. The van der Waals surface area contributed by atoms with Gasteiger partial charge in [-0.1, -0.05) is 12.1 Å². The molecule has 2 N–H and O–H groups in total. The number of nitrogens with zero attached hydrogens (tertiary/aromatic N) is 7. The number of imidazole rings is 1. The average molecular weight is 482 g/mol. The van der Waals surface area contributed by atoms with Gasteiger partial charge < -0.3 is 14.4 Å². The predicted molar refractivity (Wildman–Crippen MR) is 125 cm³/mol. The van der Waals surface area contributed by atoms with Gasteiger partial charge in [0.15, 0.2) is 11.2 Å². The monoisotopic (exact) mass is 482 g/mol. The van der Waals surface area contributed by atoms with E-state index in [1.165, 1.54) is 25.7 Å². The van der Waals surface area contributed by atoms with E-state index in [1.807, 2.05) is 12.1 Å². The van der Waals surface area contributed by atoms with Crippen LogP contribution in [0.1, 0.15) is 5.56 Å². The first-order valence-electron chi connectivity index (χ1n) is 10.4. The summed E-state index contributed by atoms with van der Waals surface area (Å²) in [5.41, 5.74) is -2.30. The fraction of sp³-hybridized carbons (Fsp3) is 0.286. The molecule has 0 unspecified atom stereocenters. The Morgan fingerprint density at radius 3 is 2.34 bits per heavy atom. The fourth-order valence-corrected chi connectivity index (χ4v) is 3.54. The van der Waals surface area contributed by atoms with Crippen LogP contribution in [-0.2, 0) is 34.1 Å². The van der Waals surface area contributed by atoms with Gasteiger partial charge in [-0.15, -0.1) is 10.2 Å². The summed E-state index contributed by atoms with van der Waals surface area (Å²) in [6.45, 7) is 0.232. The molecule has 0 atom stereocenters. The molecule has 0 aliphatic heterocycles. The number of benzene rings is 1. The number of H-pyrrole nitrogens is 1. The lowest BCUT2D eigenvalue weighted by Gasteiger charge is -2.08. The molecule has 0 spiro atoms. The van der Waals surface area contributed by atoms with Crippen LogP contribution in [0.3, 0.4) is 0 Å². The molecule has 0 bridgehead atoms. The van der Waals surface area contributed by atoms with Crippen molar-refractivity contribution < 1.29 is 9.84 Å². The van der Waals surface area contributed by atoms with Crippen LogP contribution in [-0.4, -0.2) is 40.5 Å². The summed E-state index contributed by atoms with van der Waals surface area (Å²) in [6.07, 6.45) is 0.465. The summed E-state index contributed by atoms with van der Waals surface area (Å²) in [7, 11) is 5.52. The SMILES string of the molecule is COc1ccc(CCn2c(N=Nc3c(O)n(C)c(=O)n(C)c3=O)nc3c2c(=O)[nH]c(=O)n3C)cc1. The molecule has 0 saturated carbocycles. The van der Waals surface area contributed by atoms with Gasteiger partial charge in [0.2, 0.25) is 11.6 Å². The molecule has 0 fully saturated rings. The van der Waals surface area contributed by atoms with Gasteiger partial charge in [0.25, 0.3) is 17.1 Å². The maximum absolute atomic E-state index is 12.6. The molecule has 1 aromatic carbocycles. The smallest absolute Gasteiger partial charge is 0.333 e. The summed E-state index contributed by atoms with van der Waals surface area (Å²) >= 11 is 0. The minimum absolute atomic E-state index is 0.0695. The van der Waals surface area contributed by atoms with Crippen LogP contribution in [0.15, 0.2) is 53.7 Å². The zero-order valence-electron chi connectivity index (χ0n) is 19.3. The van der Waals surface area contributed by atoms with Crippen molar-refractivity contribution in [1.82, 2.24) is 28.2 Å². The zero-order valence-corrected chi connectivity index (χ0v) is 19.3. The van der Waals surface area contributed by atoms with Crippen molar-refractivity contribution in [2.45, 2.75) is 13.0 Å². The Bertz CT molecular complexity index is 1700. The van der Waals surface area contributed by atoms with E-state index >= 15 is 0 Å². The molecule has 3 aromatic heterocycles. The molecule has 14 heteroatoms. The van der Waals surface area contributed by atoms with Crippen LogP contribution >= 0.6 is 0 Å². The Morgan fingerprint density at radius 2 is 1.69 bits per heavy atom. The number of hydrogen-bond acceptors (Lipinski definition) is 9. The first-order chi connectivity index (χ1) is 16.6. The number of fused-ring (bicyclic) bond motifs is 1. The highest BCUT2D eigenvalue weighted by Gasteiger charge is 2.19. The number of hydrogen-bond donors (Lipinski definition) is 2. The summed E-state index contributed by atoms with van der Waals surface area (Å²) in [6, 6.07) is 7.34. The van der Waals surface area contributed by atoms with Crippen molar-refractivity contribution in [2.75, 3.05) is 7.11 Å². The third-order valence-electron chi connectivity index (χ3n) is 5.62. The number of methoxy groups -OCH3 is 1. The van der Waals surface area contributed by atoms with Crippen LogP contribution in [0.5, 0.6) is 11.6 Å². The molecule has 182 valence electrons. The Kier molecular flexibility index (Phi) is 5.94. The van der Waals surface area contributed by atoms with Gasteiger partial charge in [-0.05, 0) is 24.1 Å². The molecular weight excluding hydrogens is 460 g/mol. The van der Waals surface area contributed by atoms with E-state index in [9.17, 15) is 24.3 Å². The second-order valence-electron chi connectivity index (χ2n) is 7.73. The molecule has 0 amide bonds. The van der Waals surface area contributed by atoms with E-state index in [2.05, 4.69) is 20.2 Å². The third kappa shape index (κ3) is 4.05. The lowest BCUT2D eigenvalue weighted by Crippen LogP contribution is -2.36. The van der Waals surface area contributed by atoms with Gasteiger partial charge in [0.1, 0.15) is 5.75 Å². The van der Waals surface area contributed by atoms with Gasteiger partial charge >= 0.3 is 11.4 Å². The number of rotatable bonds is 6. The number of aromatic amines is 1. The van der Waals surface area contributed by atoms with E-state index in [1.54, 1.807) is 19.2 Å². The molecule has 3 heterocycles. The second kappa shape index (κ2) is 8.89. The quantitative estimate of drug-likeness (QED) is 0.369. The number of ether oxygens (including phenoxy) is 1. The second-order valence-corrected chi connectivity index (χ2v) is 7.73. The topological polar surface area (TPSA) is 171 Å². The Balaban J connectivity index is 1.85. The van der Waals surface area contributed by atoms with Crippen LogP contribution in [0.2, 0.25) is 0 Å². The maximum atomic E-state index is 12.6. The number of nitrogens with one attached hydrogen (secondary N) is 1. The summed E-state index contributed by atoms with van der Waals surface area (Å²) in [4.78, 5) is 55.7. The number of azo groups is 1. The van der Waals surface area contributed by atoms with Crippen molar-refractivity contribution >= 4 is 22.8 Å². The Hall–Kier alpha value is -4.75. The molecule has 14 nitrogen and oxygen atoms in total. The highest BCUT2D eigenvalue weighted by atomic mass is 16.5. The van der Waals surface area contributed by atoms with E-state index < -0.39 is 34.1 Å². The maximum Gasteiger partial charge on any atom is 0.333 e.